The summed E-state index contributed by atoms with van der Waals surface area (Å²) in [4.78, 5) is 8.54. The molecule has 0 spiro atoms. The molecule has 134 valence electrons. The van der Waals surface area contributed by atoms with Crippen molar-refractivity contribution in [1.82, 2.24) is 9.97 Å². The van der Waals surface area contributed by atoms with Crippen LogP contribution in [-0.2, 0) is 9.84 Å². The lowest BCUT2D eigenvalue weighted by Gasteiger charge is -2.04. The van der Waals surface area contributed by atoms with Crippen LogP contribution in [0.25, 0.3) is 33.9 Å². The van der Waals surface area contributed by atoms with Gasteiger partial charge in [0.15, 0.2) is 9.84 Å². The van der Waals surface area contributed by atoms with E-state index in [1.165, 1.54) is 6.26 Å². The molecule has 0 amide bonds. The van der Waals surface area contributed by atoms with Gasteiger partial charge in [-0.2, -0.15) is 0 Å². The van der Waals surface area contributed by atoms with Gasteiger partial charge in [0.05, 0.1) is 16.3 Å². The molecular weight excluding hydrogens is 356 g/mol. The molecule has 0 fully saturated rings. The maximum absolute atomic E-state index is 11.7. The predicted molar refractivity (Wildman–Crippen MR) is 108 cm³/mol. The van der Waals surface area contributed by atoms with Crippen LogP contribution >= 0.6 is 0 Å². The molecule has 0 saturated carbocycles. The number of rotatable bonds is 4. The fraction of sp³-hybridized carbons (Fsp3) is 0.0455. The van der Waals surface area contributed by atoms with E-state index in [0.717, 1.165) is 33.9 Å². The minimum absolute atomic E-state index is 0.301. The third-order valence-electron chi connectivity index (χ3n) is 4.37. The van der Waals surface area contributed by atoms with Crippen molar-refractivity contribution in [1.29, 1.82) is 0 Å². The highest BCUT2D eigenvalue weighted by atomic mass is 32.2. The van der Waals surface area contributed by atoms with E-state index in [1.54, 1.807) is 12.1 Å². The van der Waals surface area contributed by atoms with Gasteiger partial charge in [0.1, 0.15) is 5.82 Å². The number of hydrogen-bond donors (Lipinski definition) is 1. The lowest BCUT2D eigenvalue weighted by molar-refractivity contribution is 0.602. The second kappa shape index (κ2) is 6.85. The largest absolute Gasteiger partial charge is 0.337 e. The Morgan fingerprint density at radius 2 is 1.26 bits per heavy atom. The Kier molecular flexibility index (Phi) is 4.38. The van der Waals surface area contributed by atoms with Gasteiger partial charge in [-0.1, -0.05) is 72.8 Å². The van der Waals surface area contributed by atoms with Crippen molar-refractivity contribution in [3.05, 3.63) is 84.9 Å². The van der Waals surface area contributed by atoms with E-state index in [9.17, 15) is 8.42 Å². The Bertz CT molecular complexity index is 1160. The van der Waals surface area contributed by atoms with Gasteiger partial charge in [-0.25, -0.2) is 13.4 Å². The SMILES string of the molecule is CS(=O)(=O)c1ccc(-c2[nH]c(-c3ccccc3)nc2-c2ccccc2)cc1. The number of aromatic nitrogens is 2. The maximum Gasteiger partial charge on any atom is 0.175 e. The first-order valence-corrected chi connectivity index (χ1v) is 10.4. The molecule has 0 aliphatic heterocycles. The predicted octanol–water partition coefficient (Wildman–Crippen LogP) is 4.81. The Morgan fingerprint density at radius 1 is 0.704 bits per heavy atom. The summed E-state index contributed by atoms with van der Waals surface area (Å²) in [5, 5.41) is 0. The number of hydrogen-bond acceptors (Lipinski definition) is 3. The van der Waals surface area contributed by atoms with Crippen LogP contribution in [-0.4, -0.2) is 24.6 Å². The molecule has 0 aliphatic carbocycles. The summed E-state index contributed by atoms with van der Waals surface area (Å²) in [6.45, 7) is 0. The number of nitrogens with one attached hydrogen (secondary N) is 1. The number of aromatic amines is 1. The smallest absolute Gasteiger partial charge is 0.175 e. The zero-order valence-corrected chi connectivity index (χ0v) is 15.6. The Morgan fingerprint density at radius 3 is 1.81 bits per heavy atom. The molecule has 27 heavy (non-hydrogen) atoms. The zero-order valence-electron chi connectivity index (χ0n) is 14.8. The average molecular weight is 374 g/mol. The van der Waals surface area contributed by atoms with Crippen LogP contribution < -0.4 is 0 Å². The normalized spacial score (nSPS) is 11.4. The molecule has 4 nitrogen and oxygen atoms in total. The number of benzene rings is 3. The number of nitrogens with zero attached hydrogens (tertiary/aromatic N) is 1. The van der Waals surface area contributed by atoms with E-state index in [-0.39, 0.29) is 0 Å². The van der Waals surface area contributed by atoms with Crippen LogP contribution in [0.15, 0.2) is 89.8 Å². The second-order valence-corrected chi connectivity index (χ2v) is 8.35. The lowest BCUT2D eigenvalue weighted by atomic mass is 10.1. The van der Waals surface area contributed by atoms with E-state index in [0.29, 0.717) is 4.90 Å². The van der Waals surface area contributed by atoms with Gasteiger partial charge < -0.3 is 4.98 Å². The van der Waals surface area contributed by atoms with Crippen LogP contribution in [0.1, 0.15) is 0 Å². The zero-order chi connectivity index (χ0) is 18.9. The molecule has 5 heteroatoms. The van der Waals surface area contributed by atoms with Gasteiger partial charge in [-0.15, -0.1) is 0 Å². The molecule has 0 bridgehead atoms. The van der Waals surface area contributed by atoms with Crippen LogP contribution in [0.5, 0.6) is 0 Å². The van der Waals surface area contributed by atoms with E-state index in [4.69, 9.17) is 4.98 Å². The molecule has 0 radical (unpaired) electrons. The first-order chi connectivity index (χ1) is 13.0. The quantitative estimate of drug-likeness (QED) is 0.557. The van der Waals surface area contributed by atoms with Crippen molar-refractivity contribution < 1.29 is 8.42 Å². The first kappa shape index (κ1) is 17.2. The first-order valence-electron chi connectivity index (χ1n) is 8.54. The molecule has 3 aromatic carbocycles. The highest BCUT2D eigenvalue weighted by molar-refractivity contribution is 7.90. The van der Waals surface area contributed by atoms with Crippen molar-refractivity contribution in [3.8, 4) is 33.9 Å². The molecule has 0 aliphatic rings. The summed E-state index contributed by atoms with van der Waals surface area (Å²) in [6.07, 6.45) is 1.21. The standard InChI is InChI=1S/C22H18N2O2S/c1-27(25,26)19-14-12-17(13-15-19)21-20(16-8-4-2-5-9-16)23-22(24-21)18-10-6-3-7-11-18/h2-15H,1H3,(H,23,24). The molecule has 1 aromatic heterocycles. The summed E-state index contributed by atoms with van der Waals surface area (Å²) < 4.78 is 23.5. The van der Waals surface area contributed by atoms with Gasteiger partial charge in [-0.05, 0) is 12.1 Å². The molecule has 1 N–H and O–H groups in total. The highest BCUT2D eigenvalue weighted by Crippen LogP contribution is 2.33. The summed E-state index contributed by atoms with van der Waals surface area (Å²) in [5.74, 6) is 0.775. The van der Waals surface area contributed by atoms with Crippen molar-refractivity contribution >= 4 is 9.84 Å². The number of H-pyrrole nitrogens is 1. The minimum atomic E-state index is -3.23. The van der Waals surface area contributed by atoms with Crippen molar-refractivity contribution in [2.24, 2.45) is 0 Å². The average Bonchev–Trinajstić information content (AvgIpc) is 3.14. The molecule has 4 aromatic rings. The minimum Gasteiger partial charge on any atom is -0.337 e. The van der Waals surface area contributed by atoms with Crippen LogP contribution in [0.3, 0.4) is 0 Å². The highest BCUT2D eigenvalue weighted by Gasteiger charge is 2.16. The Labute approximate surface area is 158 Å². The van der Waals surface area contributed by atoms with E-state index in [2.05, 4.69) is 4.98 Å². The van der Waals surface area contributed by atoms with Gasteiger partial charge in [-0.3, -0.25) is 0 Å². The van der Waals surface area contributed by atoms with E-state index in [1.807, 2.05) is 72.8 Å². The van der Waals surface area contributed by atoms with Crippen molar-refractivity contribution in [2.75, 3.05) is 6.26 Å². The fourth-order valence-corrected chi connectivity index (χ4v) is 3.62. The fourth-order valence-electron chi connectivity index (χ4n) is 2.99. The summed E-state index contributed by atoms with van der Waals surface area (Å²) in [5.41, 5.74) is 4.57. The topological polar surface area (TPSA) is 62.8 Å². The van der Waals surface area contributed by atoms with Crippen LogP contribution in [0, 0.1) is 0 Å². The summed E-state index contributed by atoms with van der Waals surface area (Å²) in [7, 11) is -3.23. The third-order valence-corrected chi connectivity index (χ3v) is 5.50. The van der Waals surface area contributed by atoms with E-state index < -0.39 is 9.84 Å². The monoisotopic (exact) mass is 374 g/mol. The molecule has 4 rings (SSSR count). The second-order valence-electron chi connectivity index (χ2n) is 6.34. The lowest BCUT2D eigenvalue weighted by Crippen LogP contribution is -1.96. The van der Waals surface area contributed by atoms with E-state index >= 15 is 0 Å². The van der Waals surface area contributed by atoms with Gasteiger partial charge in [0, 0.05) is 22.9 Å². The van der Waals surface area contributed by atoms with Gasteiger partial charge in [0.25, 0.3) is 0 Å². The van der Waals surface area contributed by atoms with Crippen LogP contribution in [0.2, 0.25) is 0 Å². The van der Waals surface area contributed by atoms with Gasteiger partial charge >= 0.3 is 0 Å². The molecule has 1 heterocycles. The van der Waals surface area contributed by atoms with Crippen molar-refractivity contribution in [3.63, 3.8) is 0 Å². The maximum atomic E-state index is 11.7. The molecule has 0 unspecified atom stereocenters. The molecule has 0 saturated heterocycles. The Hall–Kier alpha value is -3.18. The number of imidazole rings is 1. The van der Waals surface area contributed by atoms with Crippen LogP contribution in [0.4, 0.5) is 0 Å². The van der Waals surface area contributed by atoms with Gasteiger partial charge in [0.2, 0.25) is 0 Å². The third kappa shape index (κ3) is 3.55. The number of sulfone groups is 1. The van der Waals surface area contributed by atoms with Crippen molar-refractivity contribution in [2.45, 2.75) is 4.90 Å². The summed E-state index contributed by atoms with van der Waals surface area (Å²) >= 11 is 0. The molecular formula is C22H18N2O2S. The molecule has 0 atom stereocenters. The summed E-state index contributed by atoms with van der Waals surface area (Å²) in [6, 6.07) is 26.7. The Balaban J connectivity index is 1.87.